The summed E-state index contributed by atoms with van der Waals surface area (Å²) < 4.78 is 32.5. The number of benzene rings is 1. The van der Waals surface area contributed by atoms with E-state index in [-0.39, 0.29) is 11.3 Å². The fourth-order valence-electron chi connectivity index (χ4n) is 3.68. The van der Waals surface area contributed by atoms with Gasteiger partial charge in [0.15, 0.2) is 0 Å². The van der Waals surface area contributed by atoms with Gasteiger partial charge in [-0.3, -0.25) is 4.79 Å². The van der Waals surface area contributed by atoms with E-state index in [9.17, 15) is 13.2 Å². The number of rotatable bonds is 10. The fraction of sp³-hybridized carbons (Fsp3) is 0.545. The van der Waals surface area contributed by atoms with Gasteiger partial charge in [-0.15, -0.1) is 0 Å². The number of hydrogen-bond donors (Lipinski definition) is 0. The molecule has 0 spiro atoms. The Balaban J connectivity index is 1.82. The number of unbranched alkanes of at least 4 members (excludes halogenated alkanes) is 4. The predicted molar refractivity (Wildman–Crippen MR) is 123 cm³/mol. The molecule has 0 bridgehead atoms. The van der Waals surface area contributed by atoms with Gasteiger partial charge < -0.3 is 9.64 Å². The van der Waals surface area contributed by atoms with E-state index >= 15 is 0 Å². The van der Waals surface area contributed by atoms with Crippen LogP contribution in [0.3, 0.4) is 0 Å². The van der Waals surface area contributed by atoms with E-state index in [1.54, 1.807) is 6.20 Å². The predicted octanol–water partition coefficient (Wildman–Crippen LogP) is 2.66. The average molecular weight is 449 g/mol. The highest BCUT2D eigenvalue weighted by Crippen LogP contribution is 2.26. The molecule has 1 aromatic carbocycles. The van der Waals surface area contributed by atoms with Gasteiger partial charge in [0, 0.05) is 26.2 Å². The van der Waals surface area contributed by atoms with Crippen LogP contribution in [0.1, 0.15) is 39.0 Å². The summed E-state index contributed by atoms with van der Waals surface area (Å²) in [6.07, 6.45) is 8.35. The van der Waals surface area contributed by atoms with Crippen LogP contribution in [0.15, 0.2) is 41.3 Å². The zero-order valence-electron chi connectivity index (χ0n) is 18.4. The number of para-hydroxylation sites is 1. The van der Waals surface area contributed by atoms with Crippen LogP contribution in [-0.2, 0) is 10.0 Å². The van der Waals surface area contributed by atoms with Crippen molar-refractivity contribution < 1.29 is 13.2 Å². The molecule has 1 fully saturated rings. The number of hydrogen-bond acceptors (Lipinski definition) is 6. The molecule has 0 radical (unpaired) electrons. The van der Waals surface area contributed by atoms with E-state index in [1.807, 2.05) is 35.2 Å². The van der Waals surface area contributed by atoms with Gasteiger partial charge >= 0.3 is 5.56 Å². The first-order valence-electron chi connectivity index (χ1n) is 10.9. The summed E-state index contributed by atoms with van der Waals surface area (Å²) in [4.78, 5) is 15.2. The van der Waals surface area contributed by atoms with E-state index < -0.39 is 10.0 Å². The maximum atomic E-state index is 13.3. The summed E-state index contributed by atoms with van der Waals surface area (Å²) >= 11 is 0. The molecule has 1 saturated heterocycles. The minimum absolute atomic E-state index is 0.280. The lowest BCUT2D eigenvalue weighted by Crippen LogP contribution is -2.48. The molecule has 1 aliphatic heterocycles. The third-order valence-electron chi connectivity index (χ3n) is 5.46. The van der Waals surface area contributed by atoms with Crippen molar-refractivity contribution in [3.05, 3.63) is 46.9 Å². The molecule has 2 heterocycles. The third-order valence-corrected chi connectivity index (χ3v) is 6.76. The van der Waals surface area contributed by atoms with Crippen molar-refractivity contribution in [1.29, 1.82) is 0 Å². The minimum atomic E-state index is -3.22. The highest BCUT2D eigenvalue weighted by Gasteiger charge is 2.27. The fourth-order valence-corrected chi connectivity index (χ4v) is 4.51. The Morgan fingerprint density at radius 3 is 2.32 bits per heavy atom. The Bertz CT molecular complexity index is 1000. The number of anilines is 1. The molecule has 3 rings (SSSR count). The summed E-state index contributed by atoms with van der Waals surface area (Å²) in [5, 5.41) is 4.37. The zero-order chi connectivity index (χ0) is 22.3. The molecule has 1 aliphatic rings. The first kappa shape index (κ1) is 23.3. The number of sulfonamides is 1. The maximum absolute atomic E-state index is 13.3. The molecule has 0 N–H and O–H groups in total. The lowest BCUT2D eigenvalue weighted by Gasteiger charge is -2.35. The second-order valence-corrected chi connectivity index (χ2v) is 9.81. The van der Waals surface area contributed by atoms with Crippen LogP contribution < -0.4 is 15.2 Å². The highest BCUT2D eigenvalue weighted by atomic mass is 32.2. The van der Waals surface area contributed by atoms with Gasteiger partial charge in [0.25, 0.3) is 0 Å². The molecule has 1 aromatic heterocycles. The molecule has 31 heavy (non-hydrogen) atoms. The molecule has 0 unspecified atom stereocenters. The Hall–Kier alpha value is -2.39. The van der Waals surface area contributed by atoms with Gasteiger partial charge in [-0.05, 0) is 18.6 Å². The second kappa shape index (κ2) is 10.8. The van der Waals surface area contributed by atoms with Crippen molar-refractivity contribution in [2.75, 3.05) is 43.9 Å². The van der Waals surface area contributed by atoms with E-state index in [2.05, 4.69) is 12.0 Å². The van der Waals surface area contributed by atoms with Gasteiger partial charge in [-0.2, -0.15) is 14.1 Å². The number of aromatic nitrogens is 2. The minimum Gasteiger partial charge on any atom is -0.486 e. The maximum Gasteiger partial charge on any atom is 0.316 e. The molecule has 0 saturated carbocycles. The number of ether oxygens (including phenoxy) is 1. The standard InChI is InChI=1S/C22H32N4O4S/c1-3-4-5-6-10-17-30-21-20(24-13-15-25(16-14-24)31(2,28)29)18-23-26(22(21)27)19-11-8-7-9-12-19/h7-9,11-12,18H,3-6,10,13-17H2,1-2H3. The van der Waals surface area contributed by atoms with E-state index in [1.165, 1.54) is 28.1 Å². The van der Waals surface area contributed by atoms with Crippen molar-refractivity contribution in [3.8, 4) is 11.4 Å². The van der Waals surface area contributed by atoms with Gasteiger partial charge in [0.2, 0.25) is 15.8 Å². The Morgan fingerprint density at radius 1 is 1.00 bits per heavy atom. The molecule has 9 heteroatoms. The van der Waals surface area contributed by atoms with E-state index in [0.29, 0.717) is 44.2 Å². The van der Waals surface area contributed by atoms with Crippen LogP contribution in [0.5, 0.6) is 5.75 Å². The van der Waals surface area contributed by atoms with Crippen molar-refractivity contribution in [3.63, 3.8) is 0 Å². The normalized spacial score (nSPS) is 15.2. The lowest BCUT2D eigenvalue weighted by molar-refractivity contribution is 0.297. The largest absolute Gasteiger partial charge is 0.486 e. The quantitative estimate of drug-likeness (QED) is 0.520. The zero-order valence-corrected chi connectivity index (χ0v) is 19.2. The highest BCUT2D eigenvalue weighted by molar-refractivity contribution is 7.88. The third kappa shape index (κ3) is 6.07. The smallest absolute Gasteiger partial charge is 0.316 e. The summed E-state index contributed by atoms with van der Waals surface area (Å²) in [6.45, 7) is 4.35. The van der Waals surface area contributed by atoms with Crippen LogP contribution in [0.2, 0.25) is 0 Å². The van der Waals surface area contributed by atoms with E-state index in [0.717, 1.165) is 19.3 Å². The summed E-state index contributed by atoms with van der Waals surface area (Å²) in [7, 11) is -3.22. The Labute approximate surface area is 184 Å². The molecular weight excluding hydrogens is 416 g/mol. The molecular formula is C22H32N4O4S. The molecule has 0 amide bonds. The van der Waals surface area contributed by atoms with Crippen molar-refractivity contribution in [2.45, 2.75) is 39.0 Å². The van der Waals surface area contributed by atoms with Crippen molar-refractivity contribution >= 4 is 15.7 Å². The number of piperazine rings is 1. The summed E-state index contributed by atoms with van der Waals surface area (Å²) in [6, 6.07) is 9.25. The van der Waals surface area contributed by atoms with Crippen LogP contribution in [0, 0.1) is 0 Å². The molecule has 170 valence electrons. The van der Waals surface area contributed by atoms with Crippen LogP contribution in [-0.4, -0.2) is 61.5 Å². The van der Waals surface area contributed by atoms with Crippen molar-refractivity contribution in [1.82, 2.24) is 14.1 Å². The molecule has 2 aromatic rings. The van der Waals surface area contributed by atoms with E-state index in [4.69, 9.17) is 4.74 Å². The van der Waals surface area contributed by atoms with Gasteiger partial charge in [-0.1, -0.05) is 50.8 Å². The van der Waals surface area contributed by atoms with Crippen molar-refractivity contribution in [2.24, 2.45) is 0 Å². The number of nitrogens with zero attached hydrogens (tertiary/aromatic N) is 4. The molecule has 0 aliphatic carbocycles. The first-order valence-corrected chi connectivity index (χ1v) is 12.8. The molecule has 8 nitrogen and oxygen atoms in total. The SMILES string of the molecule is CCCCCCCOc1c(N2CCN(S(C)(=O)=O)CC2)cnn(-c2ccccc2)c1=O. The molecule has 0 atom stereocenters. The van der Waals surface area contributed by atoms with Crippen LogP contribution in [0.25, 0.3) is 5.69 Å². The first-order chi connectivity index (χ1) is 14.9. The topological polar surface area (TPSA) is 84.7 Å². The average Bonchev–Trinajstić information content (AvgIpc) is 2.77. The van der Waals surface area contributed by atoms with Gasteiger partial charge in [0.1, 0.15) is 5.69 Å². The summed E-state index contributed by atoms with van der Waals surface area (Å²) in [5.74, 6) is 0.280. The second-order valence-electron chi connectivity index (χ2n) is 7.82. The monoisotopic (exact) mass is 448 g/mol. The van der Waals surface area contributed by atoms with Crippen LogP contribution in [0.4, 0.5) is 5.69 Å². The Morgan fingerprint density at radius 2 is 1.68 bits per heavy atom. The van der Waals surface area contributed by atoms with Gasteiger partial charge in [-0.25, -0.2) is 8.42 Å². The van der Waals surface area contributed by atoms with Crippen LogP contribution >= 0.6 is 0 Å². The summed E-state index contributed by atoms with van der Waals surface area (Å²) in [5.41, 5.74) is 0.996. The lowest BCUT2D eigenvalue weighted by atomic mass is 10.2. The Kier molecular flexibility index (Phi) is 8.09. The van der Waals surface area contributed by atoms with Gasteiger partial charge in [0.05, 0.1) is 24.7 Å².